The van der Waals surface area contributed by atoms with Gasteiger partial charge in [0.1, 0.15) is 11.6 Å². The van der Waals surface area contributed by atoms with Crippen LogP contribution in [-0.2, 0) is 9.53 Å². The molecule has 2 heterocycles. The molecule has 1 atom stereocenters. The van der Waals surface area contributed by atoms with Crippen LogP contribution in [0.15, 0.2) is 23.2 Å². The molecule has 1 aromatic carbocycles. The van der Waals surface area contributed by atoms with Crippen LogP contribution in [-0.4, -0.2) is 60.8 Å². The number of amides is 1. The van der Waals surface area contributed by atoms with E-state index in [9.17, 15) is 14.3 Å². The fraction of sp³-hybridized carbons (Fsp3) is 0.579. The molecule has 0 saturated carbocycles. The Hall–Kier alpha value is -2.35. The molecule has 2 fully saturated rings. The molecule has 0 radical (unpaired) electrons. The number of rotatable bonds is 7. The Morgan fingerprint density at radius 1 is 1.41 bits per heavy atom. The van der Waals surface area contributed by atoms with Gasteiger partial charge in [-0.25, -0.2) is 4.39 Å². The van der Waals surface area contributed by atoms with Crippen LogP contribution in [0.2, 0.25) is 0 Å². The molecule has 0 spiro atoms. The SMILES string of the molecule is O=C1CCCN1CCCNC(=NCC1CCCO1)Nc1cc(F)ccc1O. The van der Waals surface area contributed by atoms with E-state index in [1.807, 2.05) is 4.90 Å². The zero-order chi connectivity index (χ0) is 19.1. The summed E-state index contributed by atoms with van der Waals surface area (Å²) in [6.07, 6.45) is 4.45. The molecule has 8 heteroatoms. The third-order valence-corrected chi connectivity index (χ3v) is 4.76. The van der Waals surface area contributed by atoms with Crippen molar-refractivity contribution in [3.05, 3.63) is 24.0 Å². The van der Waals surface area contributed by atoms with Crippen molar-refractivity contribution in [2.75, 3.05) is 38.1 Å². The highest BCUT2D eigenvalue weighted by Gasteiger charge is 2.19. The fourth-order valence-electron chi connectivity index (χ4n) is 3.27. The zero-order valence-corrected chi connectivity index (χ0v) is 15.4. The van der Waals surface area contributed by atoms with E-state index in [-0.39, 0.29) is 23.4 Å². The molecule has 1 unspecified atom stereocenters. The van der Waals surface area contributed by atoms with Gasteiger partial charge >= 0.3 is 0 Å². The Balaban J connectivity index is 1.55. The second kappa shape index (κ2) is 9.55. The number of hydrogen-bond donors (Lipinski definition) is 3. The van der Waals surface area contributed by atoms with Gasteiger partial charge in [-0.05, 0) is 37.8 Å². The van der Waals surface area contributed by atoms with E-state index in [0.29, 0.717) is 32.0 Å². The van der Waals surface area contributed by atoms with Crippen LogP contribution >= 0.6 is 0 Å². The number of aliphatic imine (C=N–C) groups is 1. The van der Waals surface area contributed by atoms with Gasteiger partial charge in [0, 0.05) is 38.7 Å². The molecule has 1 aromatic rings. The third kappa shape index (κ3) is 5.82. The fourth-order valence-corrected chi connectivity index (χ4v) is 3.27. The maximum atomic E-state index is 13.5. The summed E-state index contributed by atoms with van der Waals surface area (Å²) >= 11 is 0. The second-order valence-corrected chi connectivity index (χ2v) is 6.88. The summed E-state index contributed by atoms with van der Waals surface area (Å²) in [6, 6.07) is 3.72. The number of benzene rings is 1. The highest BCUT2D eigenvalue weighted by molar-refractivity contribution is 5.94. The summed E-state index contributed by atoms with van der Waals surface area (Å²) in [5, 5.41) is 16.1. The van der Waals surface area contributed by atoms with Gasteiger partial charge in [0.2, 0.25) is 5.91 Å². The van der Waals surface area contributed by atoms with Crippen LogP contribution in [0.5, 0.6) is 5.75 Å². The van der Waals surface area contributed by atoms with Crippen molar-refractivity contribution in [1.82, 2.24) is 10.2 Å². The lowest BCUT2D eigenvalue weighted by Gasteiger charge is -2.17. The largest absolute Gasteiger partial charge is 0.506 e. The smallest absolute Gasteiger partial charge is 0.222 e. The van der Waals surface area contributed by atoms with Crippen molar-refractivity contribution in [3.63, 3.8) is 0 Å². The van der Waals surface area contributed by atoms with E-state index in [1.54, 1.807) is 0 Å². The van der Waals surface area contributed by atoms with Crippen molar-refractivity contribution in [2.24, 2.45) is 4.99 Å². The van der Waals surface area contributed by atoms with Crippen LogP contribution in [0.3, 0.4) is 0 Å². The number of phenols is 1. The second-order valence-electron chi connectivity index (χ2n) is 6.88. The number of phenolic OH excluding ortho intramolecular Hbond substituents is 1. The number of carbonyl (C=O) groups is 1. The molecule has 3 N–H and O–H groups in total. The first-order chi connectivity index (χ1) is 13.1. The predicted molar refractivity (Wildman–Crippen MR) is 101 cm³/mol. The molecule has 1 amide bonds. The van der Waals surface area contributed by atoms with E-state index in [0.717, 1.165) is 38.8 Å². The lowest BCUT2D eigenvalue weighted by molar-refractivity contribution is -0.127. The summed E-state index contributed by atoms with van der Waals surface area (Å²) in [7, 11) is 0. The van der Waals surface area contributed by atoms with Gasteiger partial charge in [-0.3, -0.25) is 9.79 Å². The van der Waals surface area contributed by atoms with Crippen LogP contribution < -0.4 is 10.6 Å². The molecule has 2 saturated heterocycles. The number of guanidine groups is 1. The lowest BCUT2D eigenvalue weighted by Crippen LogP contribution is -2.35. The predicted octanol–water partition coefficient (Wildman–Crippen LogP) is 2.08. The molecule has 7 nitrogen and oxygen atoms in total. The number of aromatic hydroxyl groups is 1. The molecule has 0 aliphatic carbocycles. The normalized spacial score (nSPS) is 20.3. The van der Waals surface area contributed by atoms with E-state index in [2.05, 4.69) is 15.6 Å². The first kappa shape index (κ1) is 19.4. The zero-order valence-electron chi connectivity index (χ0n) is 15.4. The number of likely N-dealkylation sites (tertiary alicyclic amines) is 1. The van der Waals surface area contributed by atoms with Gasteiger partial charge < -0.3 is 25.4 Å². The standard InChI is InChI=1S/C19H27FN4O3/c20-14-6-7-17(25)16(12-14)23-19(22-13-15-4-2-11-27-15)21-8-3-10-24-9-1-5-18(24)26/h6-7,12,15,25H,1-5,8-11,13H2,(H2,21,22,23). The van der Waals surface area contributed by atoms with E-state index < -0.39 is 5.82 Å². The van der Waals surface area contributed by atoms with E-state index in [1.165, 1.54) is 18.2 Å². The van der Waals surface area contributed by atoms with Gasteiger partial charge in [-0.1, -0.05) is 0 Å². The van der Waals surface area contributed by atoms with Crippen LogP contribution in [0.4, 0.5) is 10.1 Å². The molecule has 2 aliphatic rings. The molecule has 2 aliphatic heterocycles. The Kier molecular flexibility index (Phi) is 6.86. The van der Waals surface area contributed by atoms with Gasteiger partial charge in [0.25, 0.3) is 0 Å². The first-order valence-corrected chi connectivity index (χ1v) is 9.55. The number of ether oxygens (including phenoxy) is 1. The molecule has 0 aromatic heterocycles. The van der Waals surface area contributed by atoms with Crippen molar-refractivity contribution < 1.29 is 19.0 Å². The summed E-state index contributed by atoms with van der Waals surface area (Å²) in [4.78, 5) is 18.0. The van der Waals surface area contributed by atoms with Gasteiger partial charge in [0.15, 0.2) is 5.96 Å². The molecule has 0 bridgehead atoms. The number of carbonyl (C=O) groups excluding carboxylic acids is 1. The Morgan fingerprint density at radius 2 is 2.30 bits per heavy atom. The minimum absolute atomic E-state index is 0.0503. The van der Waals surface area contributed by atoms with Gasteiger partial charge in [0.05, 0.1) is 18.3 Å². The Bertz CT molecular complexity index is 677. The number of halogens is 1. The summed E-state index contributed by atoms with van der Waals surface area (Å²) < 4.78 is 19.1. The highest BCUT2D eigenvalue weighted by atomic mass is 19.1. The maximum Gasteiger partial charge on any atom is 0.222 e. The number of nitrogens with one attached hydrogen (secondary N) is 2. The summed E-state index contributed by atoms with van der Waals surface area (Å²) in [5.74, 6) is 0.177. The van der Waals surface area contributed by atoms with Crippen molar-refractivity contribution >= 4 is 17.6 Å². The quantitative estimate of drug-likeness (QED) is 0.293. The lowest BCUT2D eigenvalue weighted by atomic mass is 10.2. The Morgan fingerprint density at radius 3 is 3.04 bits per heavy atom. The average Bonchev–Trinajstić information content (AvgIpc) is 3.31. The van der Waals surface area contributed by atoms with Crippen LogP contribution in [0, 0.1) is 5.82 Å². The molecular formula is C19H27FN4O3. The van der Waals surface area contributed by atoms with Gasteiger partial charge in [-0.2, -0.15) is 0 Å². The minimum Gasteiger partial charge on any atom is -0.506 e. The Labute approximate surface area is 158 Å². The molecule has 148 valence electrons. The van der Waals surface area contributed by atoms with Crippen molar-refractivity contribution in [3.8, 4) is 5.75 Å². The van der Waals surface area contributed by atoms with Crippen LogP contribution in [0.1, 0.15) is 32.1 Å². The maximum absolute atomic E-state index is 13.5. The highest BCUT2D eigenvalue weighted by Crippen LogP contribution is 2.23. The van der Waals surface area contributed by atoms with E-state index >= 15 is 0 Å². The molecule has 3 rings (SSSR count). The summed E-state index contributed by atoms with van der Waals surface area (Å²) in [5.41, 5.74) is 0.253. The van der Waals surface area contributed by atoms with Crippen molar-refractivity contribution in [2.45, 2.75) is 38.2 Å². The monoisotopic (exact) mass is 378 g/mol. The summed E-state index contributed by atoms with van der Waals surface area (Å²) in [6.45, 7) is 3.39. The third-order valence-electron chi connectivity index (χ3n) is 4.76. The number of nitrogens with zero attached hydrogens (tertiary/aromatic N) is 2. The molecule has 27 heavy (non-hydrogen) atoms. The number of hydrogen-bond acceptors (Lipinski definition) is 4. The average molecular weight is 378 g/mol. The first-order valence-electron chi connectivity index (χ1n) is 9.55. The number of anilines is 1. The van der Waals surface area contributed by atoms with Gasteiger partial charge in [-0.15, -0.1) is 0 Å². The van der Waals surface area contributed by atoms with Crippen molar-refractivity contribution in [1.29, 1.82) is 0 Å². The van der Waals surface area contributed by atoms with E-state index in [4.69, 9.17) is 4.74 Å². The molecular weight excluding hydrogens is 351 g/mol. The minimum atomic E-state index is -0.443. The van der Waals surface area contributed by atoms with Crippen LogP contribution in [0.25, 0.3) is 0 Å². The topological polar surface area (TPSA) is 86.2 Å².